The minimum absolute atomic E-state index is 0.0795. The molecule has 0 saturated heterocycles. The van der Waals surface area contributed by atoms with E-state index in [1.54, 1.807) is 29.4 Å². The lowest BCUT2D eigenvalue weighted by molar-refractivity contribution is -0.116. The van der Waals surface area contributed by atoms with Gasteiger partial charge < -0.3 is 4.42 Å². The number of carbonyl (C=O) groups excluding carboxylic acids is 1. The summed E-state index contributed by atoms with van der Waals surface area (Å²) in [5.74, 6) is 0.544. The molecular weight excluding hydrogens is 407 g/mol. The van der Waals surface area contributed by atoms with Gasteiger partial charge in [0.15, 0.2) is 5.13 Å². The van der Waals surface area contributed by atoms with E-state index in [9.17, 15) is 9.18 Å². The van der Waals surface area contributed by atoms with Crippen molar-refractivity contribution in [3.63, 3.8) is 0 Å². The third-order valence-electron chi connectivity index (χ3n) is 4.41. The fourth-order valence-corrected chi connectivity index (χ4v) is 4.86. The minimum Gasteiger partial charge on any atom is -0.467 e. The summed E-state index contributed by atoms with van der Waals surface area (Å²) in [7, 11) is 0. The summed E-state index contributed by atoms with van der Waals surface area (Å²) in [4.78, 5) is 20.3. The smallest absolute Gasteiger partial charge is 0.239 e. The average Bonchev–Trinajstić information content (AvgIpc) is 3.35. The van der Waals surface area contributed by atoms with Crippen molar-refractivity contribution in [1.29, 1.82) is 0 Å². The van der Waals surface area contributed by atoms with Gasteiger partial charge >= 0.3 is 0 Å². The van der Waals surface area contributed by atoms with Crippen molar-refractivity contribution in [2.45, 2.75) is 25.3 Å². The molecule has 2 heterocycles. The molecule has 0 unspecified atom stereocenters. The van der Waals surface area contributed by atoms with Crippen molar-refractivity contribution in [2.24, 2.45) is 0 Å². The topological polar surface area (TPSA) is 46.3 Å². The molecular formula is C22H19FN2O2S2. The molecule has 1 amide bonds. The maximum Gasteiger partial charge on any atom is 0.239 e. The van der Waals surface area contributed by atoms with Crippen molar-refractivity contribution >= 4 is 44.4 Å². The second kappa shape index (κ2) is 8.39. The van der Waals surface area contributed by atoms with Crippen LogP contribution in [0.2, 0.25) is 0 Å². The van der Waals surface area contributed by atoms with Crippen molar-refractivity contribution in [1.82, 2.24) is 4.98 Å². The molecule has 7 heteroatoms. The molecule has 0 saturated carbocycles. The highest BCUT2D eigenvalue weighted by molar-refractivity contribution is 8.00. The summed E-state index contributed by atoms with van der Waals surface area (Å²) in [6, 6.07) is 13.9. The number of anilines is 1. The maximum absolute atomic E-state index is 13.1. The van der Waals surface area contributed by atoms with Gasteiger partial charge in [0, 0.05) is 4.90 Å². The van der Waals surface area contributed by atoms with Crippen LogP contribution < -0.4 is 4.90 Å². The van der Waals surface area contributed by atoms with Gasteiger partial charge in [-0.15, -0.1) is 11.8 Å². The molecule has 0 atom stereocenters. The molecule has 0 fully saturated rings. The number of amides is 1. The number of fused-ring (bicyclic) bond motifs is 1. The van der Waals surface area contributed by atoms with Crippen molar-refractivity contribution < 1.29 is 13.6 Å². The summed E-state index contributed by atoms with van der Waals surface area (Å²) < 4.78 is 19.6. The number of thiazole rings is 1. The Kier molecular flexibility index (Phi) is 5.69. The van der Waals surface area contributed by atoms with E-state index < -0.39 is 0 Å². The molecule has 0 spiro atoms. The van der Waals surface area contributed by atoms with Crippen LogP contribution in [0.3, 0.4) is 0 Å². The lowest BCUT2D eigenvalue weighted by Gasteiger charge is -2.18. The summed E-state index contributed by atoms with van der Waals surface area (Å²) in [6.45, 7) is 4.41. The Labute approximate surface area is 176 Å². The van der Waals surface area contributed by atoms with Gasteiger partial charge in [0.25, 0.3) is 0 Å². The highest BCUT2D eigenvalue weighted by atomic mass is 32.2. The van der Waals surface area contributed by atoms with Gasteiger partial charge in [-0.1, -0.05) is 17.4 Å². The SMILES string of the molecule is Cc1cc(C)c2sc(N(Cc3ccco3)C(=O)CSc3ccc(F)cc3)nc2c1. The van der Waals surface area contributed by atoms with Crippen molar-refractivity contribution in [3.05, 3.63) is 77.5 Å². The van der Waals surface area contributed by atoms with Gasteiger partial charge in [-0.05, 0) is 67.4 Å². The van der Waals surface area contributed by atoms with E-state index in [0.29, 0.717) is 17.4 Å². The van der Waals surface area contributed by atoms with E-state index in [2.05, 4.69) is 13.0 Å². The molecule has 2 aromatic carbocycles. The Morgan fingerprint density at radius 1 is 1.21 bits per heavy atom. The number of aromatic nitrogens is 1. The predicted molar refractivity (Wildman–Crippen MR) is 116 cm³/mol. The number of nitrogens with zero attached hydrogens (tertiary/aromatic N) is 2. The third kappa shape index (κ3) is 4.52. The Hall–Kier alpha value is -2.64. The lowest BCUT2D eigenvalue weighted by atomic mass is 10.1. The zero-order valence-corrected chi connectivity index (χ0v) is 17.6. The predicted octanol–water partition coefficient (Wildman–Crippen LogP) is 5.97. The summed E-state index contributed by atoms with van der Waals surface area (Å²) in [5, 5.41) is 0.648. The number of furan rings is 1. The van der Waals surface area contributed by atoms with Gasteiger partial charge in [0.1, 0.15) is 11.6 Å². The molecule has 4 nitrogen and oxygen atoms in total. The molecule has 29 heavy (non-hydrogen) atoms. The second-order valence-corrected chi connectivity index (χ2v) is 8.75. The first-order chi connectivity index (χ1) is 14.0. The molecule has 0 N–H and O–H groups in total. The Balaban J connectivity index is 1.61. The van der Waals surface area contributed by atoms with Crippen LogP contribution in [0.1, 0.15) is 16.9 Å². The van der Waals surface area contributed by atoms with E-state index in [4.69, 9.17) is 9.40 Å². The Bertz CT molecular complexity index is 1140. The van der Waals surface area contributed by atoms with Crippen LogP contribution in [0.5, 0.6) is 0 Å². The number of halogens is 1. The van der Waals surface area contributed by atoms with Crippen LogP contribution >= 0.6 is 23.1 Å². The highest BCUT2D eigenvalue weighted by Crippen LogP contribution is 2.33. The number of thioether (sulfide) groups is 1. The number of carbonyl (C=O) groups is 1. The number of benzene rings is 2. The molecule has 0 bridgehead atoms. The summed E-state index contributed by atoms with van der Waals surface area (Å²) >= 11 is 2.88. The quantitative estimate of drug-likeness (QED) is 0.356. The van der Waals surface area contributed by atoms with Gasteiger partial charge in [-0.3, -0.25) is 9.69 Å². The zero-order valence-electron chi connectivity index (χ0n) is 16.0. The first kappa shape index (κ1) is 19.7. The molecule has 148 valence electrons. The van der Waals surface area contributed by atoms with E-state index in [0.717, 1.165) is 26.2 Å². The monoisotopic (exact) mass is 426 g/mol. The molecule has 0 aliphatic rings. The number of hydrogen-bond donors (Lipinski definition) is 0. The first-order valence-electron chi connectivity index (χ1n) is 9.08. The fourth-order valence-electron chi connectivity index (χ4n) is 3.06. The summed E-state index contributed by atoms with van der Waals surface area (Å²) in [5.41, 5.74) is 3.18. The number of hydrogen-bond acceptors (Lipinski definition) is 5. The van der Waals surface area contributed by atoms with Crippen LogP contribution in [0.4, 0.5) is 9.52 Å². The molecule has 0 radical (unpaired) electrons. The van der Waals surface area contributed by atoms with Gasteiger partial charge in [0.2, 0.25) is 5.91 Å². The van der Waals surface area contributed by atoms with Crippen LogP contribution in [0, 0.1) is 19.7 Å². The van der Waals surface area contributed by atoms with Crippen LogP contribution in [0.15, 0.2) is 64.1 Å². The van der Waals surface area contributed by atoms with E-state index >= 15 is 0 Å². The summed E-state index contributed by atoms with van der Waals surface area (Å²) in [6.07, 6.45) is 1.59. The number of rotatable bonds is 6. The first-order valence-corrected chi connectivity index (χ1v) is 10.9. The molecule has 4 rings (SSSR count). The normalized spacial score (nSPS) is 11.1. The van der Waals surface area contributed by atoms with Gasteiger partial charge in [-0.25, -0.2) is 9.37 Å². The number of aryl methyl sites for hydroxylation is 2. The second-order valence-electron chi connectivity index (χ2n) is 6.73. The molecule has 0 aliphatic carbocycles. The van der Waals surface area contributed by atoms with Crippen LogP contribution in [-0.2, 0) is 11.3 Å². The lowest BCUT2D eigenvalue weighted by Crippen LogP contribution is -2.31. The Morgan fingerprint density at radius 2 is 2.00 bits per heavy atom. The van der Waals surface area contributed by atoms with Crippen LogP contribution in [0.25, 0.3) is 10.2 Å². The highest BCUT2D eigenvalue weighted by Gasteiger charge is 2.22. The molecule has 4 aromatic rings. The third-order valence-corrected chi connectivity index (χ3v) is 6.64. The van der Waals surface area contributed by atoms with Crippen molar-refractivity contribution in [3.8, 4) is 0 Å². The van der Waals surface area contributed by atoms with E-state index in [-0.39, 0.29) is 17.5 Å². The maximum atomic E-state index is 13.1. The van der Waals surface area contributed by atoms with Crippen LogP contribution in [-0.4, -0.2) is 16.6 Å². The van der Waals surface area contributed by atoms with Crippen molar-refractivity contribution in [2.75, 3.05) is 10.7 Å². The fraction of sp³-hybridized carbons (Fsp3) is 0.182. The van der Waals surface area contributed by atoms with E-state index in [1.807, 2.05) is 19.1 Å². The average molecular weight is 427 g/mol. The molecule has 0 aliphatic heterocycles. The largest absolute Gasteiger partial charge is 0.467 e. The standard InChI is InChI=1S/C22H19FN2O2S2/c1-14-10-15(2)21-19(11-14)24-22(29-21)25(12-17-4-3-9-27-17)20(26)13-28-18-7-5-16(23)6-8-18/h3-11H,12-13H2,1-2H3. The minimum atomic E-state index is -0.291. The van der Waals surface area contributed by atoms with Gasteiger partial charge in [0.05, 0.1) is 28.8 Å². The van der Waals surface area contributed by atoms with E-state index in [1.165, 1.54) is 35.2 Å². The molecule has 2 aromatic heterocycles. The zero-order chi connectivity index (χ0) is 20.4. The Morgan fingerprint density at radius 3 is 2.72 bits per heavy atom. The van der Waals surface area contributed by atoms with Gasteiger partial charge in [-0.2, -0.15) is 0 Å².